The lowest BCUT2D eigenvalue weighted by Gasteiger charge is -2.10. The Kier molecular flexibility index (Phi) is 5.06. The number of nitrogens with one attached hydrogen (secondary N) is 1. The van der Waals surface area contributed by atoms with Crippen LogP contribution in [0, 0.1) is 0 Å². The molecule has 1 amide bonds. The van der Waals surface area contributed by atoms with Crippen LogP contribution in [-0.2, 0) is 14.4 Å². The summed E-state index contributed by atoms with van der Waals surface area (Å²) in [4.78, 5) is 33.3. The molecule has 0 aliphatic heterocycles. The maximum absolute atomic E-state index is 11.4. The van der Waals surface area contributed by atoms with E-state index in [4.69, 9.17) is 10.2 Å². The van der Waals surface area contributed by atoms with Gasteiger partial charge in [-0.15, -0.1) is 11.3 Å². The summed E-state index contributed by atoms with van der Waals surface area (Å²) in [6, 6.07) is 2.18. The Morgan fingerprint density at radius 2 is 2.11 bits per heavy atom. The van der Waals surface area contributed by atoms with Gasteiger partial charge in [0.25, 0.3) is 0 Å². The molecule has 1 heterocycles. The first-order valence-corrected chi connectivity index (χ1v) is 5.83. The highest BCUT2D eigenvalue weighted by Gasteiger charge is 2.21. The van der Waals surface area contributed by atoms with Crippen molar-refractivity contribution in [2.75, 3.05) is 0 Å². The fourth-order valence-corrected chi connectivity index (χ4v) is 1.76. The van der Waals surface area contributed by atoms with Gasteiger partial charge in [-0.3, -0.25) is 9.59 Å². The minimum Gasteiger partial charge on any atom is -0.481 e. The van der Waals surface area contributed by atoms with Gasteiger partial charge in [-0.05, 0) is 17.5 Å². The van der Waals surface area contributed by atoms with Crippen LogP contribution in [0.15, 0.2) is 23.6 Å². The van der Waals surface area contributed by atoms with Crippen molar-refractivity contribution < 1.29 is 24.6 Å². The number of hydrogen-bond acceptors (Lipinski definition) is 4. The number of thiophene rings is 1. The Labute approximate surface area is 107 Å². The van der Waals surface area contributed by atoms with Crippen molar-refractivity contribution >= 4 is 35.3 Å². The molecular formula is C11H11NO5S. The molecule has 0 aromatic carbocycles. The maximum Gasteiger partial charge on any atom is 0.326 e. The second-order valence-corrected chi connectivity index (χ2v) is 4.33. The summed E-state index contributed by atoms with van der Waals surface area (Å²) in [6.45, 7) is 0. The van der Waals surface area contributed by atoms with Crippen LogP contribution in [0.25, 0.3) is 6.08 Å². The number of amides is 1. The summed E-state index contributed by atoms with van der Waals surface area (Å²) in [6.07, 6.45) is 2.04. The summed E-state index contributed by atoms with van der Waals surface area (Å²) in [5.74, 6) is -3.31. The summed E-state index contributed by atoms with van der Waals surface area (Å²) in [5.41, 5.74) is 0. The van der Waals surface area contributed by atoms with Crippen LogP contribution in [-0.4, -0.2) is 34.1 Å². The van der Waals surface area contributed by atoms with E-state index in [0.717, 1.165) is 4.88 Å². The van der Waals surface area contributed by atoms with E-state index >= 15 is 0 Å². The van der Waals surface area contributed by atoms with Gasteiger partial charge < -0.3 is 15.5 Å². The fourth-order valence-electron chi connectivity index (χ4n) is 1.14. The molecule has 1 atom stereocenters. The number of carboxylic acids is 2. The average Bonchev–Trinajstić information content (AvgIpc) is 2.77. The monoisotopic (exact) mass is 269 g/mol. The number of hydrogen-bond donors (Lipinski definition) is 3. The van der Waals surface area contributed by atoms with Crippen LogP contribution in [0.1, 0.15) is 11.3 Å². The molecule has 0 aliphatic rings. The van der Waals surface area contributed by atoms with E-state index < -0.39 is 30.3 Å². The molecule has 1 aromatic rings. The van der Waals surface area contributed by atoms with Gasteiger partial charge in [0, 0.05) is 11.0 Å². The Bertz CT molecular complexity index is 466. The molecule has 0 fully saturated rings. The molecule has 0 unspecified atom stereocenters. The smallest absolute Gasteiger partial charge is 0.326 e. The topological polar surface area (TPSA) is 104 Å². The van der Waals surface area contributed by atoms with E-state index in [-0.39, 0.29) is 0 Å². The molecule has 0 radical (unpaired) electrons. The van der Waals surface area contributed by atoms with Crippen molar-refractivity contribution in [3.05, 3.63) is 28.5 Å². The first-order chi connectivity index (χ1) is 8.49. The van der Waals surface area contributed by atoms with Gasteiger partial charge in [0.15, 0.2) is 0 Å². The van der Waals surface area contributed by atoms with Crippen LogP contribution in [0.4, 0.5) is 0 Å². The van der Waals surface area contributed by atoms with Gasteiger partial charge in [0.05, 0.1) is 6.42 Å². The highest BCUT2D eigenvalue weighted by atomic mass is 32.1. The van der Waals surface area contributed by atoms with Crippen LogP contribution >= 0.6 is 11.3 Å². The zero-order valence-corrected chi connectivity index (χ0v) is 10.0. The molecule has 1 aromatic heterocycles. The largest absolute Gasteiger partial charge is 0.481 e. The Morgan fingerprint density at radius 3 is 2.61 bits per heavy atom. The number of carbonyl (C=O) groups excluding carboxylic acids is 1. The van der Waals surface area contributed by atoms with Crippen molar-refractivity contribution in [1.29, 1.82) is 0 Å². The lowest BCUT2D eigenvalue weighted by atomic mass is 10.2. The molecule has 96 valence electrons. The van der Waals surface area contributed by atoms with Gasteiger partial charge in [0.1, 0.15) is 6.04 Å². The molecule has 7 heteroatoms. The second-order valence-electron chi connectivity index (χ2n) is 3.35. The van der Waals surface area contributed by atoms with Crippen LogP contribution < -0.4 is 5.32 Å². The third-order valence-corrected chi connectivity index (χ3v) is 2.77. The van der Waals surface area contributed by atoms with E-state index in [1.165, 1.54) is 23.5 Å². The van der Waals surface area contributed by atoms with E-state index in [1.807, 2.05) is 11.4 Å². The number of rotatable bonds is 6. The number of carboxylic acid groups (broad SMARTS) is 2. The molecule has 18 heavy (non-hydrogen) atoms. The number of aliphatic carboxylic acids is 2. The van der Waals surface area contributed by atoms with E-state index in [1.54, 1.807) is 6.07 Å². The lowest BCUT2D eigenvalue weighted by molar-refractivity contribution is -0.146. The van der Waals surface area contributed by atoms with Gasteiger partial charge in [-0.2, -0.15) is 0 Å². The van der Waals surface area contributed by atoms with E-state index in [0.29, 0.717) is 0 Å². The molecule has 1 rings (SSSR count). The van der Waals surface area contributed by atoms with Crippen molar-refractivity contribution in [3.8, 4) is 0 Å². The van der Waals surface area contributed by atoms with Gasteiger partial charge in [-0.1, -0.05) is 6.07 Å². The second kappa shape index (κ2) is 6.55. The quantitative estimate of drug-likeness (QED) is 0.663. The Hall–Kier alpha value is -2.15. The highest BCUT2D eigenvalue weighted by molar-refractivity contribution is 7.10. The van der Waals surface area contributed by atoms with E-state index in [9.17, 15) is 14.4 Å². The van der Waals surface area contributed by atoms with Crippen LogP contribution in [0.5, 0.6) is 0 Å². The molecule has 0 aliphatic carbocycles. The Balaban J connectivity index is 2.56. The van der Waals surface area contributed by atoms with Crippen molar-refractivity contribution in [2.45, 2.75) is 12.5 Å². The Morgan fingerprint density at radius 1 is 1.39 bits per heavy atom. The van der Waals surface area contributed by atoms with Crippen molar-refractivity contribution in [1.82, 2.24) is 5.32 Å². The van der Waals surface area contributed by atoms with Gasteiger partial charge in [0.2, 0.25) is 5.91 Å². The van der Waals surface area contributed by atoms with Crippen LogP contribution in [0.3, 0.4) is 0 Å². The minimum atomic E-state index is -1.43. The third kappa shape index (κ3) is 4.79. The minimum absolute atomic E-state index is 0.642. The van der Waals surface area contributed by atoms with Crippen LogP contribution in [0.2, 0.25) is 0 Å². The first kappa shape index (κ1) is 13.9. The molecule has 0 spiro atoms. The lowest BCUT2D eigenvalue weighted by Crippen LogP contribution is -2.41. The van der Waals surface area contributed by atoms with Gasteiger partial charge in [-0.25, -0.2) is 4.79 Å². The molecule has 6 nitrogen and oxygen atoms in total. The zero-order chi connectivity index (χ0) is 13.5. The molecule has 0 saturated carbocycles. The third-order valence-electron chi connectivity index (χ3n) is 1.94. The first-order valence-electron chi connectivity index (χ1n) is 4.95. The molecule has 3 N–H and O–H groups in total. The summed E-state index contributed by atoms with van der Waals surface area (Å²) in [7, 11) is 0. The fraction of sp³-hybridized carbons (Fsp3) is 0.182. The van der Waals surface area contributed by atoms with E-state index in [2.05, 4.69) is 5.32 Å². The summed E-state index contributed by atoms with van der Waals surface area (Å²) in [5, 5.41) is 21.2. The zero-order valence-electron chi connectivity index (χ0n) is 9.20. The predicted octanol–water partition coefficient (Wildman–Crippen LogP) is 0.805. The maximum atomic E-state index is 11.4. The SMILES string of the molecule is O=C(O)C[C@@H](NC(=O)/C=C/c1cccs1)C(=O)O. The standard InChI is InChI=1S/C11H11NO5S/c13-9(4-3-7-2-1-5-18-7)12-8(11(16)17)6-10(14)15/h1-5,8H,6H2,(H,12,13)(H,14,15)(H,16,17)/b4-3+/t8-/m1/s1. The summed E-state index contributed by atoms with van der Waals surface area (Å²) < 4.78 is 0. The summed E-state index contributed by atoms with van der Waals surface area (Å²) >= 11 is 1.42. The molecule has 0 bridgehead atoms. The molecular weight excluding hydrogens is 258 g/mol. The average molecular weight is 269 g/mol. The normalized spacial score (nSPS) is 12.2. The highest BCUT2D eigenvalue weighted by Crippen LogP contribution is 2.09. The van der Waals surface area contributed by atoms with Crippen molar-refractivity contribution in [3.63, 3.8) is 0 Å². The van der Waals surface area contributed by atoms with Crippen molar-refractivity contribution in [2.24, 2.45) is 0 Å². The van der Waals surface area contributed by atoms with Gasteiger partial charge >= 0.3 is 11.9 Å². The number of carbonyl (C=O) groups is 3. The predicted molar refractivity (Wildman–Crippen MR) is 65.2 cm³/mol. The molecule has 0 saturated heterocycles.